The van der Waals surface area contributed by atoms with Gasteiger partial charge in [0, 0.05) is 18.2 Å². The van der Waals surface area contributed by atoms with E-state index < -0.39 is 0 Å². The molecular formula is C15H24N4O2. The van der Waals surface area contributed by atoms with Crippen molar-refractivity contribution in [3.8, 4) is 5.88 Å². The Morgan fingerprint density at radius 1 is 1.38 bits per heavy atom. The van der Waals surface area contributed by atoms with E-state index in [4.69, 9.17) is 10.5 Å². The highest BCUT2D eigenvalue weighted by atomic mass is 16.5. The highest BCUT2D eigenvalue weighted by Gasteiger charge is 2.33. The van der Waals surface area contributed by atoms with Crippen LogP contribution in [0.25, 0.3) is 0 Å². The highest BCUT2D eigenvalue weighted by Crippen LogP contribution is 2.38. The number of hydrogen-bond donors (Lipinski definition) is 2. The van der Waals surface area contributed by atoms with Gasteiger partial charge in [-0.1, -0.05) is 19.3 Å². The van der Waals surface area contributed by atoms with Crippen molar-refractivity contribution in [2.75, 3.05) is 19.0 Å². The minimum Gasteiger partial charge on any atom is -0.481 e. The average Bonchev–Trinajstić information content (AvgIpc) is 2.47. The number of nitrogens with two attached hydrogens (primary N) is 1. The number of aryl methyl sites for hydroxylation is 1. The first-order valence-electron chi connectivity index (χ1n) is 7.46. The molecule has 1 amide bonds. The molecule has 0 atom stereocenters. The van der Waals surface area contributed by atoms with Gasteiger partial charge in [-0.3, -0.25) is 10.1 Å². The number of anilines is 1. The van der Waals surface area contributed by atoms with Crippen LogP contribution in [0.15, 0.2) is 6.07 Å². The molecule has 1 aromatic heterocycles. The summed E-state index contributed by atoms with van der Waals surface area (Å²) in [5.74, 6) is 0.666. The van der Waals surface area contributed by atoms with Crippen molar-refractivity contribution in [2.24, 2.45) is 11.1 Å². The van der Waals surface area contributed by atoms with Crippen molar-refractivity contribution in [3.63, 3.8) is 0 Å². The van der Waals surface area contributed by atoms with Crippen LogP contribution in [0.3, 0.4) is 0 Å². The van der Waals surface area contributed by atoms with Gasteiger partial charge >= 0.3 is 0 Å². The molecule has 1 aliphatic rings. The molecule has 2 rings (SSSR count). The minimum absolute atomic E-state index is 0.0593. The van der Waals surface area contributed by atoms with Crippen molar-refractivity contribution in [1.82, 2.24) is 9.97 Å². The summed E-state index contributed by atoms with van der Waals surface area (Å²) >= 11 is 0. The molecule has 3 N–H and O–H groups in total. The smallest absolute Gasteiger partial charge is 0.232 e. The third kappa shape index (κ3) is 4.14. The number of hydrogen-bond acceptors (Lipinski definition) is 5. The Hall–Kier alpha value is -1.69. The fourth-order valence-corrected chi connectivity index (χ4v) is 2.96. The van der Waals surface area contributed by atoms with Gasteiger partial charge in [0.25, 0.3) is 0 Å². The lowest BCUT2D eigenvalue weighted by atomic mass is 9.72. The number of nitrogens with zero attached hydrogens (tertiary/aromatic N) is 2. The van der Waals surface area contributed by atoms with Crippen LogP contribution in [-0.2, 0) is 4.79 Å². The van der Waals surface area contributed by atoms with Gasteiger partial charge in [0.2, 0.25) is 17.7 Å². The molecule has 6 heteroatoms. The summed E-state index contributed by atoms with van der Waals surface area (Å²) in [5, 5.41) is 2.77. The summed E-state index contributed by atoms with van der Waals surface area (Å²) in [6, 6.07) is 1.72. The van der Waals surface area contributed by atoms with Crippen LogP contribution in [0.5, 0.6) is 5.88 Å². The number of carbonyl (C=O) groups is 1. The fourth-order valence-electron chi connectivity index (χ4n) is 2.96. The van der Waals surface area contributed by atoms with E-state index in [2.05, 4.69) is 15.3 Å². The van der Waals surface area contributed by atoms with Crippen LogP contribution >= 0.6 is 0 Å². The summed E-state index contributed by atoms with van der Waals surface area (Å²) < 4.78 is 5.09. The van der Waals surface area contributed by atoms with E-state index in [1.54, 1.807) is 13.2 Å². The summed E-state index contributed by atoms with van der Waals surface area (Å²) in [6.07, 6.45) is 6.02. The van der Waals surface area contributed by atoms with Crippen molar-refractivity contribution in [3.05, 3.63) is 11.8 Å². The molecule has 1 fully saturated rings. The Labute approximate surface area is 125 Å². The molecule has 0 bridgehead atoms. The molecule has 0 saturated heterocycles. The Morgan fingerprint density at radius 2 is 2.10 bits per heavy atom. The van der Waals surface area contributed by atoms with Crippen molar-refractivity contribution >= 4 is 11.9 Å². The fraction of sp³-hybridized carbons (Fsp3) is 0.667. The Bertz CT molecular complexity index is 498. The van der Waals surface area contributed by atoms with Gasteiger partial charge in [-0.05, 0) is 31.7 Å². The second-order valence-electron chi connectivity index (χ2n) is 5.87. The number of rotatable bonds is 5. The number of ether oxygens (including phenoxy) is 1. The third-order valence-corrected chi connectivity index (χ3v) is 4.17. The van der Waals surface area contributed by atoms with Gasteiger partial charge in [0.05, 0.1) is 7.11 Å². The lowest BCUT2D eigenvalue weighted by Crippen LogP contribution is -2.36. The van der Waals surface area contributed by atoms with Crippen molar-refractivity contribution in [2.45, 2.75) is 45.4 Å². The van der Waals surface area contributed by atoms with Gasteiger partial charge < -0.3 is 10.5 Å². The van der Waals surface area contributed by atoms with Crippen LogP contribution < -0.4 is 15.8 Å². The van der Waals surface area contributed by atoms with Gasteiger partial charge in [-0.25, -0.2) is 4.98 Å². The minimum atomic E-state index is -0.0741. The van der Waals surface area contributed by atoms with E-state index in [0.29, 0.717) is 24.8 Å². The Kier molecular flexibility index (Phi) is 5.12. The lowest BCUT2D eigenvalue weighted by Gasteiger charge is -2.35. The number of amides is 1. The second kappa shape index (κ2) is 6.85. The predicted octanol–water partition coefficient (Wildman–Crippen LogP) is 2.03. The quantitative estimate of drug-likeness (QED) is 0.866. The summed E-state index contributed by atoms with van der Waals surface area (Å²) in [5.41, 5.74) is 6.61. The molecule has 1 aromatic rings. The number of carbonyl (C=O) groups excluding carboxylic acids is 1. The zero-order valence-electron chi connectivity index (χ0n) is 12.8. The SMILES string of the molecule is COc1cc(C)nc(NC(=O)CC2(CN)CCCCC2)n1. The van der Waals surface area contributed by atoms with E-state index in [-0.39, 0.29) is 11.3 Å². The highest BCUT2D eigenvalue weighted by molar-refractivity contribution is 5.89. The Morgan fingerprint density at radius 3 is 2.71 bits per heavy atom. The Balaban J connectivity index is 2.02. The van der Waals surface area contributed by atoms with Crippen molar-refractivity contribution in [1.29, 1.82) is 0 Å². The zero-order chi connectivity index (χ0) is 15.3. The zero-order valence-corrected chi connectivity index (χ0v) is 12.8. The van der Waals surface area contributed by atoms with E-state index in [9.17, 15) is 4.79 Å². The number of methoxy groups -OCH3 is 1. The topological polar surface area (TPSA) is 90.1 Å². The predicted molar refractivity (Wildman–Crippen MR) is 81.1 cm³/mol. The second-order valence-corrected chi connectivity index (χ2v) is 5.87. The van der Waals surface area contributed by atoms with Crippen LogP contribution in [0, 0.1) is 12.3 Å². The first kappa shape index (κ1) is 15.7. The van der Waals surface area contributed by atoms with Crippen LogP contribution in [0.4, 0.5) is 5.95 Å². The molecule has 0 spiro atoms. The summed E-state index contributed by atoms with van der Waals surface area (Å²) in [4.78, 5) is 20.6. The number of aromatic nitrogens is 2. The van der Waals surface area contributed by atoms with E-state index in [1.165, 1.54) is 6.42 Å². The maximum atomic E-state index is 12.3. The van der Waals surface area contributed by atoms with E-state index >= 15 is 0 Å². The molecular weight excluding hydrogens is 268 g/mol. The van der Waals surface area contributed by atoms with Gasteiger partial charge in [0.1, 0.15) is 0 Å². The van der Waals surface area contributed by atoms with Gasteiger partial charge in [-0.15, -0.1) is 0 Å². The summed E-state index contributed by atoms with van der Waals surface area (Å²) in [6.45, 7) is 2.39. The van der Waals surface area contributed by atoms with E-state index in [1.807, 2.05) is 6.92 Å². The molecule has 0 aliphatic heterocycles. The number of nitrogens with one attached hydrogen (secondary N) is 1. The molecule has 0 aromatic carbocycles. The van der Waals surface area contributed by atoms with Gasteiger partial charge in [-0.2, -0.15) is 4.98 Å². The summed E-state index contributed by atoms with van der Waals surface area (Å²) in [7, 11) is 1.54. The lowest BCUT2D eigenvalue weighted by molar-refractivity contribution is -0.118. The van der Waals surface area contributed by atoms with Crippen molar-refractivity contribution < 1.29 is 9.53 Å². The first-order valence-corrected chi connectivity index (χ1v) is 7.46. The maximum absolute atomic E-state index is 12.3. The molecule has 21 heavy (non-hydrogen) atoms. The molecule has 1 heterocycles. The molecule has 0 unspecified atom stereocenters. The molecule has 0 radical (unpaired) electrons. The maximum Gasteiger partial charge on any atom is 0.232 e. The van der Waals surface area contributed by atoms with Crippen LogP contribution in [-0.4, -0.2) is 29.5 Å². The molecule has 1 aliphatic carbocycles. The van der Waals surface area contributed by atoms with Crippen LogP contribution in [0.1, 0.15) is 44.2 Å². The molecule has 6 nitrogen and oxygen atoms in total. The normalized spacial score (nSPS) is 17.3. The third-order valence-electron chi connectivity index (χ3n) is 4.17. The monoisotopic (exact) mass is 292 g/mol. The standard InChI is InChI=1S/C15H24N4O2/c1-11-8-13(21-2)19-14(17-11)18-12(20)9-15(10-16)6-4-3-5-7-15/h8H,3-7,9-10,16H2,1-2H3,(H,17,18,19,20). The first-order chi connectivity index (χ1) is 10.1. The van der Waals surface area contributed by atoms with E-state index in [0.717, 1.165) is 31.4 Å². The van der Waals surface area contributed by atoms with Gasteiger partial charge in [0.15, 0.2) is 0 Å². The average molecular weight is 292 g/mol. The molecule has 116 valence electrons. The van der Waals surface area contributed by atoms with Crippen LogP contribution in [0.2, 0.25) is 0 Å². The largest absolute Gasteiger partial charge is 0.481 e. The molecule has 1 saturated carbocycles.